The number of imidazole rings is 1. The van der Waals surface area contributed by atoms with Gasteiger partial charge in [0, 0.05) is 12.2 Å². The highest BCUT2D eigenvalue weighted by Crippen LogP contribution is 2.34. The quantitative estimate of drug-likeness (QED) is 0.624. The Kier molecular flexibility index (Phi) is 3.95. The molecule has 1 aliphatic rings. The second kappa shape index (κ2) is 5.57. The smallest absolute Gasteiger partial charge is 0.168 e. The molecule has 0 saturated carbocycles. The summed E-state index contributed by atoms with van der Waals surface area (Å²) >= 11 is 8.06. The Morgan fingerprint density at radius 1 is 1.25 bits per heavy atom. The first-order valence-electron chi connectivity index (χ1n) is 7.23. The van der Waals surface area contributed by atoms with Crippen molar-refractivity contribution in [3.05, 3.63) is 16.4 Å². The monoisotopic (exact) mass is 309 g/mol. The molecule has 0 atom stereocenters. The first kappa shape index (κ1) is 14.2. The maximum absolute atomic E-state index is 6.38. The van der Waals surface area contributed by atoms with Gasteiger partial charge in [0.1, 0.15) is 5.52 Å². The number of halogens is 1. The summed E-state index contributed by atoms with van der Waals surface area (Å²) in [5.41, 5.74) is 4.69. The van der Waals surface area contributed by atoms with Gasteiger partial charge in [-0.25, -0.2) is 9.97 Å². The van der Waals surface area contributed by atoms with Gasteiger partial charge in [-0.05, 0) is 43.4 Å². The molecule has 20 heavy (non-hydrogen) atoms. The number of aryl methyl sites for hydroxylation is 2. The van der Waals surface area contributed by atoms with E-state index in [0.717, 1.165) is 30.1 Å². The molecule has 0 amide bonds. The van der Waals surface area contributed by atoms with Gasteiger partial charge in [-0.2, -0.15) is 0 Å². The fraction of sp³-hybridized carbons (Fsp3) is 0.600. The minimum absolute atomic E-state index is 0.568. The van der Waals surface area contributed by atoms with Crippen LogP contribution in [0.25, 0.3) is 11.0 Å². The van der Waals surface area contributed by atoms with Crippen LogP contribution < -0.4 is 0 Å². The average Bonchev–Trinajstić information content (AvgIpc) is 2.78. The van der Waals surface area contributed by atoms with Crippen LogP contribution in [0.1, 0.15) is 37.9 Å². The lowest BCUT2D eigenvalue weighted by Crippen LogP contribution is -2.11. The van der Waals surface area contributed by atoms with E-state index in [1.54, 1.807) is 11.8 Å². The number of thioether (sulfide) groups is 1. The zero-order valence-electron chi connectivity index (χ0n) is 12.2. The maximum Gasteiger partial charge on any atom is 0.168 e. The predicted molar refractivity (Wildman–Crippen MR) is 85.8 cm³/mol. The van der Waals surface area contributed by atoms with Crippen molar-refractivity contribution in [2.75, 3.05) is 6.26 Å². The second-order valence-electron chi connectivity index (χ2n) is 5.84. The molecule has 3 nitrogen and oxygen atoms in total. The first-order chi connectivity index (χ1) is 9.61. The molecule has 0 bridgehead atoms. The number of nitrogens with zero attached hydrogens (tertiary/aromatic N) is 3. The molecule has 0 aliphatic heterocycles. The van der Waals surface area contributed by atoms with Crippen molar-refractivity contribution >= 4 is 34.4 Å². The van der Waals surface area contributed by atoms with Crippen molar-refractivity contribution in [2.24, 2.45) is 5.92 Å². The van der Waals surface area contributed by atoms with Gasteiger partial charge < -0.3 is 4.57 Å². The molecule has 2 aromatic rings. The zero-order chi connectivity index (χ0) is 14.3. The molecule has 3 rings (SSSR count). The summed E-state index contributed by atoms with van der Waals surface area (Å²) in [5.74, 6) is 0.587. The highest BCUT2D eigenvalue weighted by atomic mass is 35.5. The molecule has 0 N–H and O–H groups in total. The molecule has 2 heterocycles. The standard InChI is InChI=1S/C15H20ClN3S/c1-9(2)8-19-13-10-6-4-5-7-11(10)17-14(16)12(13)18-15(19)20-3/h9H,4-8H2,1-3H3. The maximum atomic E-state index is 6.38. The van der Waals surface area contributed by atoms with Gasteiger partial charge in [-0.3, -0.25) is 0 Å². The zero-order valence-corrected chi connectivity index (χ0v) is 13.8. The molecular weight excluding hydrogens is 290 g/mol. The van der Waals surface area contributed by atoms with E-state index in [1.807, 2.05) is 0 Å². The van der Waals surface area contributed by atoms with E-state index in [2.05, 4.69) is 29.7 Å². The molecule has 0 saturated heterocycles. The van der Waals surface area contributed by atoms with Gasteiger partial charge in [-0.15, -0.1) is 0 Å². The largest absolute Gasteiger partial charge is 0.318 e. The third-order valence-corrected chi connectivity index (χ3v) is 4.76. The van der Waals surface area contributed by atoms with E-state index in [-0.39, 0.29) is 0 Å². The summed E-state index contributed by atoms with van der Waals surface area (Å²) < 4.78 is 2.35. The van der Waals surface area contributed by atoms with Gasteiger partial charge >= 0.3 is 0 Å². The lowest BCUT2D eigenvalue weighted by Gasteiger charge is -2.18. The van der Waals surface area contributed by atoms with Gasteiger partial charge in [0.25, 0.3) is 0 Å². The van der Waals surface area contributed by atoms with Crippen LogP contribution in [0.4, 0.5) is 0 Å². The first-order valence-corrected chi connectivity index (χ1v) is 8.83. The predicted octanol–water partition coefficient (Wildman–Crippen LogP) is 4.34. The fourth-order valence-electron chi connectivity index (χ4n) is 3.01. The Morgan fingerprint density at radius 3 is 2.70 bits per heavy atom. The SMILES string of the molecule is CSc1nc2c(Cl)nc3c(c2n1CC(C)C)CCCC3. The summed E-state index contributed by atoms with van der Waals surface area (Å²) in [6.45, 7) is 5.47. The van der Waals surface area contributed by atoms with E-state index >= 15 is 0 Å². The van der Waals surface area contributed by atoms with Crippen molar-refractivity contribution in [1.29, 1.82) is 0 Å². The molecule has 0 fully saturated rings. The Morgan fingerprint density at radius 2 is 2.00 bits per heavy atom. The van der Waals surface area contributed by atoms with Crippen molar-refractivity contribution in [3.63, 3.8) is 0 Å². The van der Waals surface area contributed by atoms with Crippen LogP contribution >= 0.6 is 23.4 Å². The molecule has 108 valence electrons. The number of rotatable bonds is 3. The molecule has 5 heteroatoms. The van der Waals surface area contributed by atoms with Crippen LogP contribution in [-0.2, 0) is 19.4 Å². The molecule has 0 radical (unpaired) electrons. The number of hydrogen-bond acceptors (Lipinski definition) is 3. The average molecular weight is 310 g/mol. The third kappa shape index (κ3) is 2.33. The van der Waals surface area contributed by atoms with Crippen molar-refractivity contribution in [2.45, 2.75) is 51.2 Å². The fourth-order valence-corrected chi connectivity index (χ4v) is 3.81. The lowest BCUT2D eigenvalue weighted by atomic mass is 9.95. The van der Waals surface area contributed by atoms with Gasteiger partial charge in [0.05, 0.1) is 5.52 Å². The number of aromatic nitrogens is 3. The molecule has 0 unspecified atom stereocenters. The molecule has 0 aromatic carbocycles. The van der Waals surface area contributed by atoms with Crippen LogP contribution in [-0.4, -0.2) is 20.8 Å². The van der Waals surface area contributed by atoms with Gasteiger partial charge in [-0.1, -0.05) is 37.2 Å². The third-order valence-electron chi connectivity index (χ3n) is 3.82. The topological polar surface area (TPSA) is 30.7 Å². The summed E-state index contributed by atoms with van der Waals surface area (Å²) in [6, 6.07) is 0. The van der Waals surface area contributed by atoms with E-state index in [1.165, 1.54) is 29.6 Å². The summed E-state index contributed by atoms with van der Waals surface area (Å²) in [4.78, 5) is 9.31. The van der Waals surface area contributed by atoms with Crippen LogP contribution in [0, 0.1) is 5.92 Å². The summed E-state index contributed by atoms with van der Waals surface area (Å²) in [5, 5.41) is 1.62. The van der Waals surface area contributed by atoms with Crippen LogP contribution in [0.2, 0.25) is 5.15 Å². The normalized spacial score (nSPS) is 15.1. The number of hydrogen-bond donors (Lipinski definition) is 0. The van der Waals surface area contributed by atoms with Gasteiger partial charge in [0.15, 0.2) is 10.3 Å². The lowest BCUT2D eigenvalue weighted by molar-refractivity contribution is 0.503. The van der Waals surface area contributed by atoms with Crippen molar-refractivity contribution in [3.8, 4) is 0 Å². The summed E-state index contributed by atoms with van der Waals surface area (Å²) in [6.07, 6.45) is 6.69. The Bertz CT molecular complexity index is 648. The highest BCUT2D eigenvalue weighted by Gasteiger charge is 2.22. The minimum Gasteiger partial charge on any atom is -0.318 e. The molecule has 2 aromatic heterocycles. The van der Waals surface area contributed by atoms with Crippen LogP contribution in [0.15, 0.2) is 5.16 Å². The van der Waals surface area contributed by atoms with Crippen molar-refractivity contribution < 1.29 is 0 Å². The van der Waals surface area contributed by atoms with E-state index < -0.39 is 0 Å². The highest BCUT2D eigenvalue weighted by molar-refractivity contribution is 7.98. The van der Waals surface area contributed by atoms with E-state index in [0.29, 0.717) is 11.1 Å². The van der Waals surface area contributed by atoms with E-state index in [9.17, 15) is 0 Å². The van der Waals surface area contributed by atoms with E-state index in [4.69, 9.17) is 16.6 Å². The molecular formula is C15H20ClN3S. The Labute approximate surface area is 129 Å². The number of fused-ring (bicyclic) bond motifs is 3. The minimum atomic E-state index is 0.568. The number of pyridine rings is 1. The van der Waals surface area contributed by atoms with Gasteiger partial charge in [0.2, 0.25) is 0 Å². The molecule has 1 aliphatic carbocycles. The van der Waals surface area contributed by atoms with Crippen LogP contribution in [0.3, 0.4) is 0 Å². The Balaban J connectivity index is 2.31. The van der Waals surface area contributed by atoms with Crippen LogP contribution in [0.5, 0.6) is 0 Å². The molecule has 0 spiro atoms. The van der Waals surface area contributed by atoms with Crippen molar-refractivity contribution in [1.82, 2.24) is 14.5 Å². The summed E-state index contributed by atoms with van der Waals surface area (Å²) in [7, 11) is 0. The Hall–Kier alpha value is -0.740. The second-order valence-corrected chi connectivity index (χ2v) is 6.97.